The molecule has 0 saturated carbocycles. The summed E-state index contributed by atoms with van der Waals surface area (Å²) in [6.07, 6.45) is 6.82. The summed E-state index contributed by atoms with van der Waals surface area (Å²) < 4.78 is 5.76. The SMILES string of the molecule is C#CC(C)(C)NCC(O)COc1cccc2c1CCCC(=O)N2.Cl. The number of aliphatic hydroxyl groups excluding tert-OH is 1. The van der Waals surface area contributed by atoms with Crippen LogP contribution in [-0.2, 0) is 11.2 Å². The molecule has 132 valence electrons. The number of amides is 1. The molecule has 1 amide bonds. The highest BCUT2D eigenvalue weighted by Crippen LogP contribution is 2.30. The second kappa shape index (κ2) is 8.93. The fourth-order valence-electron chi connectivity index (χ4n) is 2.38. The van der Waals surface area contributed by atoms with Crippen molar-refractivity contribution in [1.82, 2.24) is 5.32 Å². The van der Waals surface area contributed by atoms with Crippen LogP contribution in [0.15, 0.2) is 18.2 Å². The molecule has 0 aliphatic carbocycles. The summed E-state index contributed by atoms with van der Waals surface area (Å²) in [6.45, 7) is 4.27. The highest BCUT2D eigenvalue weighted by Gasteiger charge is 2.18. The lowest BCUT2D eigenvalue weighted by atomic mass is 10.1. The first kappa shape index (κ1) is 20.3. The minimum Gasteiger partial charge on any atom is -0.490 e. The van der Waals surface area contributed by atoms with Gasteiger partial charge in [0, 0.05) is 24.2 Å². The van der Waals surface area contributed by atoms with Crippen molar-refractivity contribution in [2.75, 3.05) is 18.5 Å². The third kappa shape index (κ3) is 5.72. The predicted octanol–water partition coefficient (Wildman–Crippen LogP) is 2.12. The number of hydrogen-bond acceptors (Lipinski definition) is 4. The molecule has 1 aliphatic rings. The first-order valence-electron chi connectivity index (χ1n) is 7.86. The minimum atomic E-state index is -0.668. The number of ether oxygens (including phenoxy) is 1. The molecule has 1 aliphatic heterocycles. The van der Waals surface area contributed by atoms with Crippen LogP contribution >= 0.6 is 12.4 Å². The lowest BCUT2D eigenvalue weighted by Gasteiger charge is -2.22. The molecule has 2 rings (SSSR count). The van der Waals surface area contributed by atoms with Gasteiger partial charge in [-0.1, -0.05) is 12.0 Å². The van der Waals surface area contributed by atoms with Crippen LogP contribution in [0.3, 0.4) is 0 Å². The van der Waals surface area contributed by atoms with Crippen molar-refractivity contribution >= 4 is 24.0 Å². The highest BCUT2D eigenvalue weighted by molar-refractivity contribution is 5.92. The van der Waals surface area contributed by atoms with Gasteiger partial charge in [-0.2, -0.15) is 0 Å². The van der Waals surface area contributed by atoms with Crippen molar-refractivity contribution in [3.8, 4) is 18.1 Å². The number of nitrogens with one attached hydrogen (secondary N) is 2. The number of fused-ring (bicyclic) bond motifs is 1. The molecular formula is C18H25ClN2O3. The summed E-state index contributed by atoms with van der Waals surface area (Å²) in [6, 6.07) is 5.58. The van der Waals surface area contributed by atoms with Gasteiger partial charge in [0.05, 0.1) is 5.54 Å². The van der Waals surface area contributed by atoms with Gasteiger partial charge in [0.15, 0.2) is 0 Å². The normalized spacial score (nSPS) is 15.2. The van der Waals surface area contributed by atoms with Gasteiger partial charge in [0.1, 0.15) is 18.5 Å². The first-order valence-corrected chi connectivity index (χ1v) is 7.86. The molecule has 0 aromatic heterocycles. The predicted molar refractivity (Wildman–Crippen MR) is 97.7 cm³/mol. The van der Waals surface area contributed by atoms with Gasteiger partial charge in [0.25, 0.3) is 0 Å². The van der Waals surface area contributed by atoms with Crippen molar-refractivity contribution in [1.29, 1.82) is 0 Å². The largest absolute Gasteiger partial charge is 0.490 e. The molecule has 0 radical (unpaired) electrons. The number of terminal acetylenes is 1. The fourth-order valence-corrected chi connectivity index (χ4v) is 2.38. The van der Waals surface area contributed by atoms with Gasteiger partial charge in [-0.3, -0.25) is 10.1 Å². The van der Waals surface area contributed by atoms with E-state index in [0.29, 0.717) is 18.7 Å². The summed E-state index contributed by atoms with van der Waals surface area (Å²) in [5.41, 5.74) is 1.32. The smallest absolute Gasteiger partial charge is 0.224 e. The van der Waals surface area contributed by atoms with E-state index < -0.39 is 11.6 Å². The van der Waals surface area contributed by atoms with Crippen molar-refractivity contribution in [3.63, 3.8) is 0 Å². The molecule has 1 aromatic rings. The van der Waals surface area contributed by atoms with Crippen molar-refractivity contribution in [3.05, 3.63) is 23.8 Å². The average Bonchev–Trinajstić information content (AvgIpc) is 2.72. The second-order valence-corrected chi connectivity index (χ2v) is 6.30. The highest BCUT2D eigenvalue weighted by atomic mass is 35.5. The summed E-state index contributed by atoms with van der Waals surface area (Å²) >= 11 is 0. The van der Waals surface area contributed by atoms with Crippen LogP contribution in [0.2, 0.25) is 0 Å². The minimum absolute atomic E-state index is 0. The first-order chi connectivity index (χ1) is 10.9. The molecule has 6 heteroatoms. The number of aliphatic hydroxyl groups is 1. The van der Waals surface area contributed by atoms with Crippen LogP contribution in [0, 0.1) is 12.3 Å². The second-order valence-electron chi connectivity index (χ2n) is 6.30. The molecule has 24 heavy (non-hydrogen) atoms. The summed E-state index contributed by atoms with van der Waals surface area (Å²) in [4.78, 5) is 11.6. The standard InChI is InChI=1S/C18H24N2O3.ClH/c1-4-18(2,3)19-11-13(21)12-23-16-9-6-8-15-14(16)7-5-10-17(22)20-15;/h1,6,8-9,13,19,21H,5,7,10-12H2,2-3H3,(H,20,22);1H. The Kier molecular flexibility index (Phi) is 7.56. The Morgan fingerprint density at radius 2 is 2.21 bits per heavy atom. The molecule has 0 fully saturated rings. The number of hydrogen-bond donors (Lipinski definition) is 3. The Morgan fingerprint density at radius 3 is 2.92 bits per heavy atom. The maximum atomic E-state index is 11.6. The zero-order valence-electron chi connectivity index (χ0n) is 14.1. The van der Waals surface area contributed by atoms with Crippen molar-refractivity contribution in [2.24, 2.45) is 0 Å². The number of carbonyl (C=O) groups is 1. The lowest BCUT2D eigenvalue weighted by molar-refractivity contribution is -0.116. The maximum Gasteiger partial charge on any atom is 0.224 e. The number of carbonyl (C=O) groups excluding carboxylic acids is 1. The van der Waals surface area contributed by atoms with E-state index >= 15 is 0 Å². The van der Waals surface area contributed by atoms with Crippen LogP contribution in [0.4, 0.5) is 5.69 Å². The molecule has 1 aromatic carbocycles. The molecule has 0 saturated heterocycles. The fraction of sp³-hybridized carbons (Fsp3) is 0.500. The Balaban J connectivity index is 0.00000288. The van der Waals surface area contributed by atoms with Gasteiger partial charge < -0.3 is 15.2 Å². The molecule has 3 N–H and O–H groups in total. The van der Waals surface area contributed by atoms with Crippen molar-refractivity contribution in [2.45, 2.75) is 44.8 Å². The molecule has 1 unspecified atom stereocenters. The summed E-state index contributed by atoms with van der Waals surface area (Å²) in [5.74, 6) is 3.36. The molecule has 5 nitrogen and oxygen atoms in total. The Labute approximate surface area is 149 Å². The van der Waals surface area contributed by atoms with Gasteiger partial charge >= 0.3 is 0 Å². The Hall–Kier alpha value is -1.74. The van der Waals surface area contributed by atoms with Gasteiger partial charge in [0.2, 0.25) is 5.91 Å². The van der Waals surface area contributed by atoms with Gasteiger partial charge in [-0.05, 0) is 38.8 Å². The van der Waals surface area contributed by atoms with Crippen molar-refractivity contribution < 1.29 is 14.6 Å². The van der Waals surface area contributed by atoms with E-state index in [-0.39, 0.29) is 24.9 Å². The third-order valence-corrected chi connectivity index (χ3v) is 3.81. The van der Waals surface area contributed by atoms with E-state index in [2.05, 4.69) is 16.6 Å². The molecule has 1 heterocycles. The Bertz CT molecular complexity index is 611. The van der Waals surface area contributed by atoms with Crippen LogP contribution in [-0.4, -0.2) is 35.8 Å². The maximum absolute atomic E-state index is 11.6. The molecule has 0 spiro atoms. The van der Waals surface area contributed by atoms with E-state index in [9.17, 15) is 9.90 Å². The molecule has 0 bridgehead atoms. The van der Waals surface area contributed by atoms with E-state index in [1.165, 1.54) is 0 Å². The van der Waals surface area contributed by atoms with E-state index in [1.807, 2.05) is 32.0 Å². The van der Waals surface area contributed by atoms with Crippen LogP contribution < -0.4 is 15.4 Å². The number of rotatable bonds is 6. The zero-order chi connectivity index (χ0) is 16.9. The van der Waals surface area contributed by atoms with Gasteiger partial charge in [-0.15, -0.1) is 18.8 Å². The summed E-state index contributed by atoms with van der Waals surface area (Å²) in [5, 5.41) is 16.0. The van der Waals surface area contributed by atoms with E-state index in [1.54, 1.807) is 0 Å². The molecular weight excluding hydrogens is 328 g/mol. The number of halogens is 1. The zero-order valence-corrected chi connectivity index (χ0v) is 14.9. The Morgan fingerprint density at radius 1 is 1.46 bits per heavy atom. The number of β-amino-alcohol motifs (C(OH)–C–C–N with tert-alkyl or cyclic N) is 1. The number of anilines is 1. The average molecular weight is 353 g/mol. The summed E-state index contributed by atoms with van der Waals surface area (Å²) in [7, 11) is 0. The molecule has 1 atom stereocenters. The van der Waals surface area contributed by atoms with E-state index in [0.717, 1.165) is 24.1 Å². The van der Waals surface area contributed by atoms with E-state index in [4.69, 9.17) is 11.2 Å². The van der Waals surface area contributed by atoms with Crippen LogP contribution in [0.1, 0.15) is 32.3 Å². The lowest BCUT2D eigenvalue weighted by Crippen LogP contribution is -2.43. The topological polar surface area (TPSA) is 70.6 Å². The number of benzene rings is 1. The third-order valence-electron chi connectivity index (χ3n) is 3.81. The monoisotopic (exact) mass is 352 g/mol. The van der Waals surface area contributed by atoms with Crippen LogP contribution in [0.5, 0.6) is 5.75 Å². The van der Waals surface area contributed by atoms with Gasteiger partial charge in [-0.25, -0.2) is 0 Å². The van der Waals surface area contributed by atoms with Crippen LogP contribution in [0.25, 0.3) is 0 Å². The quantitative estimate of drug-likeness (QED) is 0.686.